The van der Waals surface area contributed by atoms with Gasteiger partial charge in [-0.25, -0.2) is 0 Å². The van der Waals surface area contributed by atoms with Gasteiger partial charge in [-0.3, -0.25) is 4.79 Å². The minimum absolute atomic E-state index is 0.0555. The Labute approximate surface area is 153 Å². The maximum atomic E-state index is 12.5. The van der Waals surface area contributed by atoms with Gasteiger partial charge in [0.1, 0.15) is 0 Å². The van der Waals surface area contributed by atoms with Crippen molar-refractivity contribution in [3.8, 4) is 0 Å². The third kappa shape index (κ3) is 4.38. The number of halogens is 1. The van der Waals surface area contributed by atoms with Crippen LogP contribution in [0.3, 0.4) is 0 Å². The number of carbonyl (C=O) groups is 1. The topological polar surface area (TPSA) is 46.3 Å². The Hall–Kier alpha value is -2.36. The highest BCUT2D eigenvalue weighted by Gasteiger charge is 2.18. The van der Waals surface area contributed by atoms with Crippen molar-refractivity contribution in [3.63, 3.8) is 0 Å². The van der Waals surface area contributed by atoms with Crippen molar-refractivity contribution in [3.05, 3.63) is 82.9 Å². The lowest BCUT2D eigenvalue weighted by atomic mass is 10.0. The largest absolute Gasteiger partial charge is 0.340 e. The summed E-state index contributed by atoms with van der Waals surface area (Å²) in [5.41, 5.74) is 8.30. The summed E-state index contributed by atoms with van der Waals surface area (Å²) in [4.78, 5) is 14.2. The Kier molecular flexibility index (Phi) is 5.37. The van der Waals surface area contributed by atoms with Gasteiger partial charge >= 0.3 is 0 Å². The lowest BCUT2D eigenvalue weighted by Crippen LogP contribution is -2.42. The minimum atomic E-state index is -0.557. The lowest BCUT2D eigenvalue weighted by molar-refractivity contribution is -0.131. The molecule has 0 radical (unpaired) electrons. The molecule has 0 spiro atoms. The Morgan fingerprint density at radius 2 is 1.68 bits per heavy atom. The molecule has 3 rings (SSSR count). The molecule has 1 atom stereocenters. The van der Waals surface area contributed by atoms with E-state index in [2.05, 4.69) is 6.07 Å². The summed E-state index contributed by atoms with van der Waals surface area (Å²) in [6, 6.07) is 21.2. The van der Waals surface area contributed by atoms with E-state index in [0.717, 1.165) is 26.9 Å². The Morgan fingerprint density at radius 1 is 1.00 bits per heavy atom. The number of rotatable bonds is 5. The highest BCUT2D eigenvalue weighted by Crippen LogP contribution is 2.21. The summed E-state index contributed by atoms with van der Waals surface area (Å²) in [6.07, 6.45) is 0.510. The normalized spacial score (nSPS) is 12.1. The van der Waals surface area contributed by atoms with Crippen molar-refractivity contribution < 1.29 is 4.79 Å². The molecule has 0 heterocycles. The zero-order chi connectivity index (χ0) is 17.8. The quantitative estimate of drug-likeness (QED) is 0.753. The number of hydrogen-bond donors (Lipinski definition) is 1. The van der Waals surface area contributed by atoms with Crippen molar-refractivity contribution in [1.29, 1.82) is 0 Å². The zero-order valence-corrected chi connectivity index (χ0v) is 14.9. The number of amides is 1. The van der Waals surface area contributed by atoms with Crippen LogP contribution in [0.1, 0.15) is 11.1 Å². The first-order valence-corrected chi connectivity index (χ1v) is 8.63. The van der Waals surface area contributed by atoms with Crippen LogP contribution in [0.15, 0.2) is 66.7 Å². The fourth-order valence-electron chi connectivity index (χ4n) is 2.95. The molecular formula is C21H21ClN2O. The van der Waals surface area contributed by atoms with Crippen LogP contribution in [0.5, 0.6) is 0 Å². The van der Waals surface area contributed by atoms with Gasteiger partial charge in [0.05, 0.1) is 6.04 Å². The fourth-order valence-corrected chi connectivity index (χ4v) is 3.13. The number of carbonyl (C=O) groups excluding carboxylic acids is 1. The summed E-state index contributed by atoms with van der Waals surface area (Å²) < 4.78 is 0. The van der Waals surface area contributed by atoms with E-state index in [1.165, 1.54) is 0 Å². The predicted octanol–water partition coefficient (Wildman–Crippen LogP) is 4.02. The molecule has 0 aromatic heterocycles. The Bertz CT molecular complexity index is 879. The second-order valence-corrected chi connectivity index (χ2v) is 6.75. The van der Waals surface area contributed by atoms with E-state index in [-0.39, 0.29) is 5.91 Å². The van der Waals surface area contributed by atoms with Crippen LogP contribution in [0, 0.1) is 0 Å². The molecule has 1 amide bonds. The van der Waals surface area contributed by atoms with Crippen molar-refractivity contribution in [2.75, 3.05) is 7.05 Å². The molecule has 25 heavy (non-hydrogen) atoms. The van der Waals surface area contributed by atoms with Crippen LogP contribution >= 0.6 is 11.6 Å². The second kappa shape index (κ2) is 7.68. The van der Waals surface area contributed by atoms with Crippen LogP contribution in [0.25, 0.3) is 10.8 Å². The monoisotopic (exact) mass is 352 g/mol. The molecule has 3 aromatic rings. The van der Waals surface area contributed by atoms with Gasteiger partial charge in [-0.2, -0.15) is 0 Å². The van der Waals surface area contributed by atoms with Crippen molar-refractivity contribution in [1.82, 2.24) is 4.90 Å². The number of likely N-dealkylation sites (N-methyl/N-ethyl adjacent to an activating group) is 1. The minimum Gasteiger partial charge on any atom is -0.340 e. The van der Waals surface area contributed by atoms with Crippen molar-refractivity contribution in [2.45, 2.75) is 19.0 Å². The van der Waals surface area contributed by atoms with Gasteiger partial charge in [0.25, 0.3) is 0 Å². The molecule has 0 unspecified atom stereocenters. The molecule has 128 valence electrons. The zero-order valence-electron chi connectivity index (χ0n) is 14.2. The van der Waals surface area contributed by atoms with Gasteiger partial charge in [0.15, 0.2) is 0 Å². The van der Waals surface area contributed by atoms with E-state index in [1.807, 2.05) is 60.7 Å². The molecule has 0 aliphatic rings. The van der Waals surface area contributed by atoms with Gasteiger partial charge in [0, 0.05) is 18.6 Å². The van der Waals surface area contributed by atoms with E-state index in [0.29, 0.717) is 13.0 Å². The molecule has 0 saturated carbocycles. The van der Waals surface area contributed by atoms with E-state index >= 15 is 0 Å². The van der Waals surface area contributed by atoms with E-state index in [9.17, 15) is 4.79 Å². The number of fused-ring (bicyclic) bond motifs is 1. The molecule has 3 aromatic carbocycles. The van der Waals surface area contributed by atoms with Gasteiger partial charge < -0.3 is 10.6 Å². The lowest BCUT2D eigenvalue weighted by Gasteiger charge is -2.21. The third-order valence-corrected chi connectivity index (χ3v) is 4.51. The first-order valence-electron chi connectivity index (χ1n) is 8.25. The van der Waals surface area contributed by atoms with E-state index < -0.39 is 6.04 Å². The summed E-state index contributed by atoms with van der Waals surface area (Å²) in [6.45, 7) is 0.559. The number of nitrogens with two attached hydrogens (primary N) is 1. The standard InChI is InChI=1S/C21H21ClN2O/c1-24(14-15-5-3-2-4-6-15)21(25)20(23)12-16-7-8-18-13-19(22)10-9-17(18)11-16/h2-11,13,20H,12,14,23H2,1H3/t20-/m0/s1. The van der Waals surface area contributed by atoms with E-state index in [1.54, 1.807) is 11.9 Å². The molecular weight excluding hydrogens is 332 g/mol. The highest BCUT2D eigenvalue weighted by atomic mass is 35.5. The maximum Gasteiger partial charge on any atom is 0.239 e. The summed E-state index contributed by atoms with van der Waals surface area (Å²) in [7, 11) is 1.79. The third-order valence-electron chi connectivity index (χ3n) is 4.28. The van der Waals surface area contributed by atoms with Crippen molar-refractivity contribution in [2.24, 2.45) is 5.73 Å². The van der Waals surface area contributed by atoms with Crippen LogP contribution in [0.2, 0.25) is 5.02 Å². The van der Waals surface area contributed by atoms with Crippen LogP contribution in [0.4, 0.5) is 0 Å². The maximum absolute atomic E-state index is 12.5. The van der Waals surface area contributed by atoms with Gasteiger partial charge in [-0.1, -0.05) is 66.2 Å². The van der Waals surface area contributed by atoms with Crippen molar-refractivity contribution >= 4 is 28.3 Å². The molecule has 3 nitrogen and oxygen atoms in total. The average molecular weight is 353 g/mol. The Morgan fingerprint density at radius 3 is 2.44 bits per heavy atom. The van der Waals surface area contributed by atoms with Crippen LogP contribution in [-0.4, -0.2) is 23.9 Å². The average Bonchev–Trinajstić information content (AvgIpc) is 2.62. The molecule has 0 saturated heterocycles. The SMILES string of the molecule is CN(Cc1ccccc1)C(=O)[C@@H](N)Cc1ccc2cc(Cl)ccc2c1. The van der Waals surface area contributed by atoms with Gasteiger partial charge in [0.2, 0.25) is 5.91 Å². The summed E-state index contributed by atoms with van der Waals surface area (Å²) >= 11 is 6.02. The number of nitrogens with zero attached hydrogens (tertiary/aromatic N) is 1. The summed E-state index contributed by atoms with van der Waals surface area (Å²) in [5, 5.41) is 2.89. The van der Waals surface area contributed by atoms with Crippen LogP contribution < -0.4 is 5.73 Å². The Balaban J connectivity index is 1.67. The summed E-state index contributed by atoms with van der Waals surface area (Å²) in [5.74, 6) is -0.0555. The molecule has 4 heteroatoms. The van der Waals surface area contributed by atoms with Crippen LogP contribution in [-0.2, 0) is 17.8 Å². The molecule has 0 fully saturated rings. The molecule has 2 N–H and O–H groups in total. The van der Waals surface area contributed by atoms with E-state index in [4.69, 9.17) is 17.3 Å². The molecule has 0 aliphatic carbocycles. The second-order valence-electron chi connectivity index (χ2n) is 6.32. The highest BCUT2D eigenvalue weighted by molar-refractivity contribution is 6.31. The van der Waals surface area contributed by atoms with Gasteiger partial charge in [-0.15, -0.1) is 0 Å². The number of benzene rings is 3. The molecule has 0 bridgehead atoms. The number of hydrogen-bond acceptors (Lipinski definition) is 2. The smallest absolute Gasteiger partial charge is 0.239 e. The first kappa shape index (κ1) is 17.5. The van der Waals surface area contributed by atoms with Gasteiger partial charge in [-0.05, 0) is 40.5 Å². The first-order chi connectivity index (χ1) is 12.0. The predicted molar refractivity (Wildman–Crippen MR) is 104 cm³/mol. The molecule has 0 aliphatic heterocycles. The fraction of sp³-hybridized carbons (Fsp3) is 0.190.